The molecule has 2 aromatic carbocycles. The molecule has 0 fully saturated rings. The smallest absolute Gasteiger partial charge is 0.198 e. The molecule has 3 aromatic rings. The van der Waals surface area contributed by atoms with Crippen LogP contribution in [0, 0.1) is 11.6 Å². The summed E-state index contributed by atoms with van der Waals surface area (Å²) in [5.74, 6) is -1.06. The van der Waals surface area contributed by atoms with Crippen LogP contribution in [0.5, 0.6) is 5.88 Å². The highest BCUT2D eigenvalue weighted by atomic mass is 19.1. The summed E-state index contributed by atoms with van der Waals surface area (Å²) >= 11 is 0. The number of halogens is 2. The predicted octanol–water partition coefficient (Wildman–Crippen LogP) is 5.43. The molecule has 0 bridgehead atoms. The highest BCUT2D eigenvalue weighted by Gasteiger charge is 2.14. The number of benzene rings is 2. The molecular weight excluding hydrogens is 386 g/mol. The number of nitrogens with zero attached hydrogens (tertiary/aromatic N) is 2. The van der Waals surface area contributed by atoms with Crippen molar-refractivity contribution in [3.05, 3.63) is 53.6 Å². The van der Waals surface area contributed by atoms with Gasteiger partial charge in [0.05, 0.1) is 22.5 Å². The van der Waals surface area contributed by atoms with E-state index < -0.39 is 11.6 Å². The molecule has 0 unspecified atom stereocenters. The van der Waals surface area contributed by atoms with E-state index in [1.807, 2.05) is 0 Å². The molecule has 0 radical (unpaired) electrons. The maximum absolute atomic E-state index is 14.5. The number of fused-ring (bicyclic) bond motifs is 1. The van der Waals surface area contributed by atoms with E-state index in [0.29, 0.717) is 35.5 Å². The van der Waals surface area contributed by atoms with Gasteiger partial charge in [0.1, 0.15) is 11.6 Å². The van der Waals surface area contributed by atoms with Crippen LogP contribution < -0.4 is 5.32 Å². The zero-order valence-corrected chi connectivity index (χ0v) is 17.7. The molecule has 0 saturated heterocycles. The van der Waals surface area contributed by atoms with Crippen LogP contribution in [0.25, 0.3) is 10.9 Å². The number of aromatic hydroxyl groups is 1. The third kappa shape index (κ3) is 4.79. The molecular formula is C23H28F2N4O. The van der Waals surface area contributed by atoms with Crippen LogP contribution >= 0.6 is 0 Å². The zero-order chi connectivity index (χ0) is 21.8. The summed E-state index contributed by atoms with van der Waals surface area (Å²) < 4.78 is 28.6. The lowest BCUT2D eigenvalue weighted by Crippen LogP contribution is -2.40. The van der Waals surface area contributed by atoms with E-state index in [0.717, 1.165) is 6.54 Å². The Morgan fingerprint density at radius 1 is 1.10 bits per heavy atom. The van der Waals surface area contributed by atoms with Crippen LogP contribution in [0.15, 0.2) is 41.4 Å². The summed E-state index contributed by atoms with van der Waals surface area (Å²) in [7, 11) is 0. The largest absolute Gasteiger partial charge is 0.494 e. The monoisotopic (exact) mass is 414 g/mol. The van der Waals surface area contributed by atoms with E-state index in [4.69, 9.17) is 0 Å². The second kappa shape index (κ2) is 9.26. The first-order valence-corrected chi connectivity index (χ1v) is 10.1. The van der Waals surface area contributed by atoms with Gasteiger partial charge >= 0.3 is 0 Å². The van der Waals surface area contributed by atoms with Crippen LogP contribution in [0.2, 0.25) is 0 Å². The Kier molecular flexibility index (Phi) is 6.72. The molecule has 1 aromatic heterocycles. The molecule has 0 atom stereocenters. The first kappa shape index (κ1) is 21.8. The van der Waals surface area contributed by atoms with Gasteiger partial charge in [-0.25, -0.2) is 8.78 Å². The number of hydrogen-bond donors (Lipinski definition) is 3. The first-order valence-electron chi connectivity index (χ1n) is 10.1. The molecule has 5 nitrogen and oxygen atoms in total. The Balaban J connectivity index is 1.71. The van der Waals surface area contributed by atoms with E-state index in [-0.39, 0.29) is 16.8 Å². The number of H-pyrrole nitrogens is 1. The molecule has 0 saturated carbocycles. The minimum absolute atomic E-state index is 0.183. The number of hydrogen-bond acceptors (Lipinski definition) is 4. The Morgan fingerprint density at radius 3 is 2.50 bits per heavy atom. The van der Waals surface area contributed by atoms with E-state index in [1.165, 1.54) is 18.3 Å². The molecule has 7 heteroatoms. The molecule has 30 heavy (non-hydrogen) atoms. The molecule has 3 N–H and O–H groups in total. The molecule has 0 aliphatic rings. The van der Waals surface area contributed by atoms with Crippen molar-refractivity contribution in [3.8, 4) is 5.88 Å². The topological polar surface area (TPSA) is 63.6 Å². The maximum Gasteiger partial charge on any atom is 0.198 e. The normalized spacial score (nSPS) is 12.2. The maximum atomic E-state index is 14.5. The Bertz CT molecular complexity index is 1040. The Labute approximate surface area is 175 Å². The quantitative estimate of drug-likeness (QED) is 0.431. The molecule has 0 amide bonds. The molecule has 3 rings (SSSR count). The van der Waals surface area contributed by atoms with Gasteiger partial charge in [0.25, 0.3) is 0 Å². The van der Waals surface area contributed by atoms with Crippen molar-refractivity contribution in [3.63, 3.8) is 0 Å². The van der Waals surface area contributed by atoms with Crippen LogP contribution in [0.3, 0.4) is 0 Å². The fourth-order valence-corrected chi connectivity index (χ4v) is 3.64. The first-order chi connectivity index (χ1) is 14.3. The standard InChI is InChI=1S/C23H28F2N4O/c1-14(2)29(15(3)4)11-10-26-20-9-8-16(12-19(20)25)27-13-17-22-18(24)6-5-7-21(22)28-23(17)30/h5-9,12-15,26,28,30H,10-11H2,1-4H3. The van der Waals surface area contributed by atoms with Crippen molar-refractivity contribution >= 4 is 28.5 Å². The summed E-state index contributed by atoms with van der Waals surface area (Å²) in [5.41, 5.74) is 1.47. The number of aromatic nitrogens is 1. The van der Waals surface area contributed by atoms with E-state index in [1.54, 1.807) is 24.3 Å². The summed E-state index contributed by atoms with van der Waals surface area (Å²) in [5, 5.41) is 13.4. The lowest BCUT2D eigenvalue weighted by molar-refractivity contribution is 0.182. The summed E-state index contributed by atoms with van der Waals surface area (Å²) in [6, 6.07) is 9.97. The lowest BCUT2D eigenvalue weighted by Gasteiger charge is -2.30. The Morgan fingerprint density at radius 2 is 1.83 bits per heavy atom. The highest BCUT2D eigenvalue weighted by molar-refractivity contribution is 6.02. The van der Waals surface area contributed by atoms with Crippen LogP contribution in [0.4, 0.5) is 20.2 Å². The third-order valence-corrected chi connectivity index (χ3v) is 5.10. The summed E-state index contributed by atoms with van der Waals surface area (Å²) in [6.07, 6.45) is 1.34. The summed E-state index contributed by atoms with van der Waals surface area (Å²) in [4.78, 5) is 9.25. The Hall–Kier alpha value is -2.93. The van der Waals surface area contributed by atoms with Crippen LogP contribution in [-0.2, 0) is 0 Å². The van der Waals surface area contributed by atoms with Gasteiger partial charge in [0, 0.05) is 42.8 Å². The van der Waals surface area contributed by atoms with Gasteiger partial charge in [-0.05, 0) is 52.0 Å². The fourth-order valence-electron chi connectivity index (χ4n) is 3.64. The second-order valence-corrected chi connectivity index (χ2v) is 7.82. The second-order valence-electron chi connectivity index (χ2n) is 7.82. The van der Waals surface area contributed by atoms with Gasteiger partial charge in [0.2, 0.25) is 0 Å². The van der Waals surface area contributed by atoms with Gasteiger partial charge in [-0.3, -0.25) is 9.89 Å². The number of rotatable bonds is 8. The summed E-state index contributed by atoms with van der Waals surface area (Å²) in [6.45, 7) is 10.0. The number of nitrogens with one attached hydrogen (secondary N) is 2. The minimum Gasteiger partial charge on any atom is -0.494 e. The molecule has 0 aliphatic carbocycles. The van der Waals surface area contributed by atoms with E-state index in [9.17, 15) is 13.9 Å². The van der Waals surface area contributed by atoms with E-state index >= 15 is 0 Å². The van der Waals surface area contributed by atoms with Crippen molar-refractivity contribution in [2.45, 2.75) is 39.8 Å². The molecule has 0 spiro atoms. The average molecular weight is 415 g/mol. The lowest BCUT2D eigenvalue weighted by atomic mass is 10.1. The molecule has 1 heterocycles. The van der Waals surface area contributed by atoms with Crippen LogP contribution in [0.1, 0.15) is 33.3 Å². The van der Waals surface area contributed by atoms with Crippen molar-refractivity contribution in [2.75, 3.05) is 18.4 Å². The van der Waals surface area contributed by atoms with Crippen molar-refractivity contribution < 1.29 is 13.9 Å². The number of aliphatic imine (C=N–C) groups is 1. The number of aromatic amines is 1. The SMILES string of the molecule is CC(C)N(CCNc1ccc(N=Cc2c(O)[nH]c3cccc(F)c23)cc1F)C(C)C. The van der Waals surface area contributed by atoms with Gasteiger partial charge in [-0.2, -0.15) is 0 Å². The molecule has 0 aliphatic heterocycles. The zero-order valence-electron chi connectivity index (χ0n) is 17.7. The third-order valence-electron chi connectivity index (χ3n) is 5.10. The fraction of sp³-hybridized carbons (Fsp3) is 0.348. The van der Waals surface area contributed by atoms with Gasteiger partial charge < -0.3 is 15.4 Å². The predicted molar refractivity (Wildman–Crippen MR) is 119 cm³/mol. The van der Waals surface area contributed by atoms with Crippen molar-refractivity contribution in [1.82, 2.24) is 9.88 Å². The van der Waals surface area contributed by atoms with Gasteiger partial charge in [-0.15, -0.1) is 0 Å². The molecule has 160 valence electrons. The number of anilines is 1. The van der Waals surface area contributed by atoms with Gasteiger partial charge in [0.15, 0.2) is 5.88 Å². The average Bonchev–Trinajstić information content (AvgIpc) is 3.00. The van der Waals surface area contributed by atoms with Crippen molar-refractivity contribution in [1.29, 1.82) is 0 Å². The van der Waals surface area contributed by atoms with Crippen molar-refractivity contribution in [2.24, 2.45) is 4.99 Å². The van der Waals surface area contributed by atoms with E-state index in [2.05, 4.69) is 47.9 Å². The van der Waals surface area contributed by atoms with Crippen LogP contribution in [-0.4, -0.2) is 46.4 Å². The van der Waals surface area contributed by atoms with Gasteiger partial charge in [-0.1, -0.05) is 6.07 Å². The minimum atomic E-state index is -0.465. The highest BCUT2D eigenvalue weighted by Crippen LogP contribution is 2.29.